The van der Waals surface area contributed by atoms with Gasteiger partial charge in [-0.2, -0.15) is 5.26 Å². The highest BCUT2D eigenvalue weighted by atomic mass is 16.5. The molecule has 4 heteroatoms. The molecule has 0 aliphatic carbocycles. The van der Waals surface area contributed by atoms with E-state index in [-0.39, 0.29) is 0 Å². The number of benzene rings is 1. The molecule has 1 rings (SSSR count). The summed E-state index contributed by atoms with van der Waals surface area (Å²) in [6, 6.07) is 9.82. The van der Waals surface area contributed by atoms with E-state index in [1.165, 1.54) is 0 Å². The second kappa shape index (κ2) is 9.86. The predicted molar refractivity (Wildman–Crippen MR) is 80.2 cm³/mol. The minimum absolute atomic E-state index is 0.369. The zero-order chi connectivity index (χ0) is 14.6. The molecule has 4 nitrogen and oxygen atoms in total. The number of nitrogens with zero attached hydrogens (tertiary/aromatic N) is 2. The molecule has 0 amide bonds. The summed E-state index contributed by atoms with van der Waals surface area (Å²) >= 11 is 0. The summed E-state index contributed by atoms with van der Waals surface area (Å²) in [5.74, 6) is 6.61. The first-order valence-corrected chi connectivity index (χ1v) is 6.81. The van der Waals surface area contributed by atoms with Gasteiger partial charge in [0.15, 0.2) is 0 Å². The van der Waals surface area contributed by atoms with Crippen LogP contribution in [-0.4, -0.2) is 37.7 Å². The second-order valence-corrected chi connectivity index (χ2v) is 4.22. The average molecular weight is 271 g/mol. The molecule has 0 spiro atoms. The molecule has 0 aliphatic heterocycles. The lowest BCUT2D eigenvalue weighted by Crippen LogP contribution is -2.29. The quantitative estimate of drug-likeness (QED) is 0.765. The smallest absolute Gasteiger partial charge is 0.119 e. The van der Waals surface area contributed by atoms with E-state index in [4.69, 9.17) is 15.7 Å². The normalized spacial score (nSPS) is 9.70. The van der Waals surface area contributed by atoms with Crippen molar-refractivity contribution in [3.63, 3.8) is 0 Å². The molecule has 0 fully saturated rings. The summed E-state index contributed by atoms with van der Waals surface area (Å²) in [6.45, 7) is 5.62. The third-order valence-electron chi connectivity index (χ3n) is 2.85. The van der Waals surface area contributed by atoms with Crippen LogP contribution < -0.4 is 10.5 Å². The van der Waals surface area contributed by atoms with Gasteiger partial charge in [0.2, 0.25) is 0 Å². The van der Waals surface area contributed by atoms with Crippen molar-refractivity contribution in [2.24, 2.45) is 5.73 Å². The topological polar surface area (TPSA) is 62.3 Å². The van der Waals surface area contributed by atoms with Gasteiger partial charge >= 0.3 is 0 Å². The van der Waals surface area contributed by atoms with Crippen LogP contribution in [0.2, 0.25) is 0 Å². The molecule has 1 aromatic rings. The van der Waals surface area contributed by atoms with Gasteiger partial charge in [0, 0.05) is 25.1 Å². The van der Waals surface area contributed by atoms with Crippen LogP contribution in [0.25, 0.3) is 0 Å². The Bertz CT molecular complexity index is 479. The maximum absolute atomic E-state index is 8.57. The molecule has 0 atom stereocenters. The lowest BCUT2D eigenvalue weighted by Gasteiger charge is -2.18. The Labute approximate surface area is 121 Å². The van der Waals surface area contributed by atoms with Crippen LogP contribution in [0.1, 0.15) is 18.9 Å². The Hall–Kier alpha value is -2.01. The van der Waals surface area contributed by atoms with Crippen LogP contribution in [0.4, 0.5) is 0 Å². The van der Waals surface area contributed by atoms with Gasteiger partial charge in [0.1, 0.15) is 12.4 Å². The highest BCUT2D eigenvalue weighted by molar-refractivity contribution is 5.38. The van der Waals surface area contributed by atoms with Crippen molar-refractivity contribution in [1.29, 1.82) is 5.26 Å². The van der Waals surface area contributed by atoms with Gasteiger partial charge in [0.05, 0.1) is 12.6 Å². The van der Waals surface area contributed by atoms with Gasteiger partial charge in [-0.25, -0.2) is 0 Å². The van der Waals surface area contributed by atoms with Gasteiger partial charge in [0.25, 0.3) is 0 Å². The van der Waals surface area contributed by atoms with E-state index in [2.05, 4.69) is 29.7 Å². The molecule has 0 heterocycles. The van der Waals surface area contributed by atoms with Crippen LogP contribution in [-0.2, 0) is 0 Å². The molecule has 2 N–H and O–H groups in total. The van der Waals surface area contributed by atoms with Crippen LogP contribution in [0.5, 0.6) is 5.75 Å². The van der Waals surface area contributed by atoms with E-state index >= 15 is 0 Å². The van der Waals surface area contributed by atoms with Gasteiger partial charge in [-0.3, -0.25) is 4.90 Å². The number of rotatable bonds is 7. The maximum Gasteiger partial charge on any atom is 0.119 e. The number of ether oxygens (including phenoxy) is 1. The SMILES string of the molecule is CCN(CCC#N)CCOc1ccc(C#CCN)cc1. The van der Waals surface area contributed by atoms with E-state index in [1.54, 1.807) is 0 Å². The number of likely N-dealkylation sites (N-methyl/N-ethyl adjacent to an activating group) is 1. The predicted octanol–water partition coefficient (Wildman–Crippen LogP) is 1.61. The Morgan fingerprint density at radius 2 is 2.00 bits per heavy atom. The Kier molecular flexibility index (Phi) is 7.91. The summed E-state index contributed by atoms with van der Waals surface area (Å²) < 4.78 is 5.68. The summed E-state index contributed by atoms with van der Waals surface area (Å²) in [5.41, 5.74) is 6.26. The number of nitrogens with two attached hydrogens (primary N) is 1. The zero-order valence-electron chi connectivity index (χ0n) is 11.9. The van der Waals surface area contributed by atoms with Gasteiger partial charge in [-0.05, 0) is 30.8 Å². The minimum atomic E-state index is 0.369. The first-order valence-electron chi connectivity index (χ1n) is 6.81. The average Bonchev–Trinajstić information content (AvgIpc) is 2.49. The van der Waals surface area contributed by atoms with E-state index in [9.17, 15) is 0 Å². The molecule has 0 radical (unpaired) electrons. The monoisotopic (exact) mass is 271 g/mol. The fraction of sp³-hybridized carbons (Fsp3) is 0.438. The van der Waals surface area contributed by atoms with Crippen molar-refractivity contribution >= 4 is 0 Å². The number of hydrogen-bond donors (Lipinski definition) is 1. The fourth-order valence-electron chi connectivity index (χ4n) is 1.72. The summed E-state index contributed by atoms with van der Waals surface area (Å²) in [5, 5.41) is 8.57. The number of hydrogen-bond acceptors (Lipinski definition) is 4. The minimum Gasteiger partial charge on any atom is -0.492 e. The third-order valence-corrected chi connectivity index (χ3v) is 2.85. The highest BCUT2D eigenvalue weighted by Gasteiger charge is 2.02. The van der Waals surface area contributed by atoms with Crippen LogP contribution >= 0.6 is 0 Å². The Morgan fingerprint density at radius 1 is 1.25 bits per heavy atom. The van der Waals surface area contributed by atoms with Crippen LogP contribution in [0, 0.1) is 23.2 Å². The third kappa shape index (κ3) is 6.24. The van der Waals surface area contributed by atoms with Crippen LogP contribution in [0.15, 0.2) is 24.3 Å². The summed E-state index contributed by atoms with van der Waals surface area (Å²) in [7, 11) is 0. The van der Waals surface area contributed by atoms with Gasteiger partial charge in [-0.1, -0.05) is 18.8 Å². The summed E-state index contributed by atoms with van der Waals surface area (Å²) in [4.78, 5) is 2.20. The zero-order valence-corrected chi connectivity index (χ0v) is 11.9. The van der Waals surface area contributed by atoms with Crippen molar-refractivity contribution < 1.29 is 4.74 Å². The van der Waals surface area contributed by atoms with Crippen molar-refractivity contribution in [1.82, 2.24) is 4.90 Å². The second-order valence-electron chi connectivity index (χ2n) is 4.22. The molecule has 0 aliphatic rings. The molecule has 0 aromatic heterocycles. The van der Waals surface area contributed by atoms with Crippen molar-refractivity contribution in [3.05, 3.63) is 29.8 Å². The number of nitriles is 1. The Morgan fingerprint density at radius 3 is 2.60 bits per heavy atom. The molecule has 106 valence electrons. The molecule has 20 heavy (non-hydrogen) atoms. The maximum atomic E-state index is 8.57. The standard InChI is InChI=1S/C16H21N3O/c1-2-19(12-4-11-18)13-14-20-16-8-6-15(7-9-16)5-3-10-17/h6-9H,2,4,10,12-14,17H2,1H3. The van der Waals surface area contributed by atoms with Gasteiger partial charge in [-0.15, -0.1) is 0 Å². The molecular weight excluding hydrogens is 250 g/mol. The van der Waals surface area contributed by atoms with E-state index < -0.39 is 0 Å². The lowest BCUT2D eigenvalue weighted by molar-refractivity contribution is 0.218. The molecule has 0 saturated carbocycles. The first kappa shape index (κ1) is 16.0. The van der Waals surface area contributed by atoms with E-state index in [0.29, 0.717) is 19.6 Å². The van der Waals surface area contributed by atoms with Crippen molar-refractivity contribution in [3.8, 4) is 23.7 Å². The summed E-state index contributed by atoms with van der Waals surface area (Å²) in [6.07, 6.45) is 0.558. The lowest BCUT2D eigenvalue weighted by atomic mass is 10.2. The van der Waals surface area contributed by atoms with Crippen molar-refractivity contribution in [2.75, 3.05) is 32.8 Å². The van der Waals surface area contributed by atoms with E-state index in [1.807, 2.05) is 24.3 Å². The Balaban J connectivity index is 2.36. The molecular formula is C16H21N3O. The first-order chi connectivity index (χ1) is 9.80. The van der Waals surface area contributed by atoms with Crippen LogP contribution in [0.3, 0.4) is 0 Å². The molecule has 1 aromatic carbocycles. The molecule has 0 bridgehead atoms. The fourth-order valence-corrected chi connectivity index (χ4v) is 1.72. The van der Waals surface area contributed by atoms with E-state index in [0.717, 1.165) is 30.9 Å². The highest BCUT2D eigenvalue weighted by Crippen LogP contribution is 2.11. The van der Waals surface area contributed by atoms with Crippen molar-refractivity contribution in [2.45, 2.75) is 13.3 Å². The molecule has 0 unspecified atom stereocenters. The molecule has 0 saturated heterocycles. The largest absolute Gasteiger partial charge is 0.492 e. The van der Waals surface area contributed by atoms with Gasteiger partial charge < -0.3 is 10.5 Å².